The molecule has 0 aliphatic heterocycles. The first-order chi connectivity index (χ1) is 12.6. The molecule has 0 spiro atoms. The lowest BCUT2D eigenvalue weighted by Crippen LogP contribution is -2.39. The van der Waals surface area contributed by atoms with E-state index in [9.17, 15) is 9.59 Å². The number of likely N-dealkylation sites (N-methyl/N-ethyl adjacent to an activating group) is 1. The Morgan fingerprint density at radius 2 is 1.85 bits per heavy atom. The smallest absolute Gasteiger partial charge is 0.220 e. The Hall–Kier alpha value is -1.88. The van der Waals surface area contributed by atoms with Crippen LogP contribution in [-0.4, -0.2) is 49.4 Å². The van der Waals surface area contributed by atoms with Crippen LogP contribution in [-0.2, 0) is 4.79 Å². The van der Waals surface area contributed by atoms with E-state index in [0.717, 1.165) is 12.3 Å². The van der Waals surface area contributed by atoms with E-state index in [1.54, 1.807) is 31.2 Å². The number of nitrogens with zero attached hydrogens (tertiary/aromatic N) is 1. The number of Topliss-reactive ketones (excluding diaryl/α,β-unsaturated/α-hetero) is 1. The first kappa shape index (κ1) is 20.4. The molecule has 5 nitrogen and oxygen atoms in total. The van der Waals surface area contributed by atoms with Gasteiger partial charge < -0.3 is 15.0 Å². The lowest BCUT2D eigenvalue weighted by atomic mass is 9.94. The molecule has 0 atom stereocenters. The van der Waals surface area contributed by atoms with Gasteiger partial charge in [-0.1, -0.05) is 19.3 Å². The van der Waals surface area contributed by atoms with Crippen molar-refractivity contribution in [3.05, 3.63) is 29.8 Å². The topological polar surface area (TPSA) is 58.6 Å². The molecule has 1 N–H and O–H groups in total. The lowest BCUT2D eigenvalue weighted by Gasteiger charge is -2.31. The summed E-state index contributed by atoms with van der Waals surface area (Å²) < 4.78 is 5.61. The van der Waals surface area contributed by atoms with Crippen molar-refractivity contribution in [3.8, 4) is 5.75 Å². The summed E-state index contributed by atoms with van der Waals surface area (Å²) in [7, 11) is 2.16. The standard InChI is InChI=1S/C21H32N2O3/c1-17(24)18-10-12-20(13-11-18)26-16-6-9-21(25)22-14-15-23(2)19-7-4-3-5-8-19/h10-13,19H,3-9,14-16H2,1-2H3,(H,22,25). The normalized spacial score (nSPS) is 15.0. The molecule has 0 saturated heterocycles. The quantitative estimate of drug-likeness (QED) is 0.513. The minimum Gasteiger partial charge on any atom is -0.494 e. The summed E-state index contributed by atoms with van der Waals surface area (Å²) in [6.45, 7) is 3.66. The van der Waals surface area contributed by atoms with Gasteiger partial charge in [0.2, 0.25) is 5.91 Å². The second kappa shape index (κ2) is 11.0. The van der Waals surface area contributed by atoms with Crippen LogP contribution in [0.15, 0.2) is 24.3 Å². The molecule has 1 saturated carbocycles. The van der Waals surface area contributed by atoms with E-state index >= 15 is 0 Å². The van der Waals surface area contributed by atoms with Gasteiger partial charge in [0, 0.05) is 31.1 Å². The molecule has 1 aromatic carbocycles. The van der Waals surface area contributed by atoms with E-state index in [1.165, 1.54) is 32.1 Å². The van der Waals surface area contributed by atoms with Crippen molar-refractivity contribution < 1.29 is 14.3 Å². The van der Waals surface area contributed by atoms with Crippen LogP contribution in [0, 0.1) is 0 Å². The van der Waals surface area contributed by atoms with Crippen molar-refractivity contribution >= 4 is 11.7 Å². The Morgan fingerprint density at radius 3 is 2.50 bits per heavy atom. The monoisotopic (exact) mass is 360 g/mol. The van der Waals surface area contributed by atoms with Crippen LogP contribution >= 0.6 is 0 Å². The highest BCUT2D eigenvalue weighted by molar-refractivity contribution is 5.94. The highest BCUT2D eigenvalue weighted by Crippen LogP contribution is 2.21. The Bertz CT molecular complexity index is 565. The lowest BCUT2D eigenvalue weighted by molar-refractivity contribution is -0.121. The molecular weight excluding hydrogens is 328 g/mol. The van der Waals surface area contributed by atoms with Crippen molar-refractivity contribution in [1.29, 1.82) is 0 Å². The van der Waals surface area contributed by atoms with Crippen molar-refractivity contribution in [2.24, 2.45) is 0 Å². The predicted molar refractivity (Wildman–Crippen MR) is 104 cm³/mol. The van der Waals surface area contributed by atoms with E-state index in [-0.39, 0.29) is 11.7 Å². The van der Waals surface area contributed by atoms with E-state index in [4.69, 9.17) is 4.74 Å². The summed E-state index contributed by atoms with van der Waals surface area (Å²) in [6.07, 6.45) is 7.75. The van der Waals surface area contributed by atoms with Gasteiger partial charge in [-0.2, -0.15) is 0 Å². The third kappa shape index (κ3) is 7.16. The average Bonchev–Trinajstić information content (AvgIpc) is 2.66. The number of ketones is 1. The molecule has 0 heterocycles. The average molecular weight is 360 g/mol. The molecule has 144 valence electrons. The fourth-order valence-corrected chi connectivity index (χ4v) is 3.37. The van der Waals surface area contributed by atoms with Gasteiger partial charge in [0.1, 0.15) is 5.75 Å². The van der Waals surface area contributed by atoms with Gasteiger partial charge >= 0.3 is 0 Å². The molecular formula is C21H32N2O3. The number of carbonyl (C=O) groups excluding carboxylic acids is 2. The maximum absolute atomic E-state index is 11.9. The van der Waals surface area contributed by atoms with Crippen LogP contribution < -0.4 is 10.1 Å². The van der Waals surface area contributed by atoms with Gasteiger partial charge in [-0.15, -0.1) is 0 Å². The highest BCUT2D eigenvalue weighted by Gasteiger charge is 2.17. The molecule has 0 aromatic heterocycles. The maximum atomic E-state index is 11.9. The van der Waals surface area contributed by atoms with Gasteiger partial charge in [0.25, 0.3) is 0 Å². The van der Waals surface area contributed by atoms with Crippen LogP contribution in [0.2, 0.25) is 0 Å². The Kier molecular flexibility index (Phi) is 8.62. The second-order valence-corrected chi connectivity index (χ2v) is 7.15. The number of hydrogen-bond donors (Lipinski definition) is 1. The van der Waals surface area contributed by atoms with Gasteiger partial charge in [-0.25, -0.2) is 0 Å². The van der Waals surface area contributed by atoms with E-state index in [1.807, 2.05) is 0 Å². The zero-order chi connectivity index (χ0) is 18.8. The largest absolute Gasteiger partial charge is 0.494 e. The number of carbonyl (C=O) groups is 2. The molecule has 1 amide bonds. The van der Waals surface area contributed by atoms with Crippen molar-refractivity contribution in [1.82, 2.24) is 10.2 Å². The van der Waals surface area contributed by atoms with Crippen molar-refractivity contribution in [2.45, 2.75) is 57.9 Å². The highest BCUT2D eigenvalue weighted by atomic mass is 16.5. The number of nitrogens with one attached hydrogen (secondary N) is 1. The Morgan fingerprint density at radius 1 is 1.15 bits per heavy atom. The number of hydrogen-bond acceptors (Lipinski definition) is 4. The summed E-state index contributed by atoms with van der Waals surface area (Å²) in [6, 6.07) is 7.78. The molecule has 26 heavy (non-hydrogen) atoms. The van der Waals surface area contributed by atoms with Crippen LogP contribution in [0.1, 0.15) is 62.2 Å². The van der Waals surface area contributed by atoms with Crippen LogP contribution in [0.25, 0.3) is 0 Å². The number of rotatable bonds is 10. The second-order valence-electron chi connectivity index (χ2n) is 7.15. The maximum Gasteiger partial charge on any atom is 0.220 e. The molecule has 1 aliphatic carbocycles. The number of benzene rings is 1. The Labute approximate surface area is 157 Å². The Balaban J connectivity index is 1.53. The molecule has 0 bridgehead atoms. The van der Waals surface area contributed by atoms with E-state index in [2.05, 4.69) is 17.3 Å². The van der Waals surface area contributed by atoms with E-state index < -0.39 is 0 Å². The SMILES string of the molecule is CC(=O)c1ccc(OCCCC(=O)NCCN(C)C2CCCCC2)cc1. The summed E-state index contributed by atoms with van der Waals surface area (Å²) in [5.41, 5.74) is 0.676. The molecule has 1 aromatic rings. The summed E-state index contributed by atoms with van der Waals surface area (Å²) in [4.78, 5) is 25.5. The minimum atomic E-state index is 0.0438. The number of amides is 1. The molecule has 0 unspecified atom stereocenters. The molecule has 2 rings (SSSR count). The van der Waals surface area contributed by atoms with E-state index in [0.29, 0.717) is 37.6 Å². The molecule has 1 fully saturated rings. The fourth-order valence-electron chi connectivity index (χ4n) is 3.37. The third-order valence-electron chi connectivity index (χ3n) is 5.06. The first-order valence-corrected chi connectivity index (χ1v) is 9.77. The van der Waals surface area contributed by atoms with Crippen LogP contribution in [0.3, 0.4) is 0 Å². The van der Waals surface area contributed by atoms with Crippen LogP contribution in [0.5, 0.6) is 5.75 Å². The van der Waals surface area contributed by atoms with Gasteiger partial charge in [-0.3, -0.25) is 9.59 Å². The van der Waals surface area contributed by atoms with Gasteiger partial charge in [0.15, 0.2) is 5.78 Å². The zero-order valence-electron chi connectivity index (χ0n) is 16.1. The first-order valence-electron chi connectivity index (χ1n) is 9.77. The summed E-state index contributed by atoms with van der Waals surface area (Å²) in [5.74, 6) is 0.851. The summed E-state index contributed by atoms with van der Waals surface area (Å²) in [5, 5.41) is 3.00. The molecule has 1 aliphatic rings. The zero-order valence-corrected chi connectivity index (χ0v) is 16.1. The predicted octanol–water partition coefficient (Wildman–Crippen LogP) is 3.43. The fraction of sp³-hybridized carbons (Fsp3) is 0.619. The van der Waals surface area contributed by atoms with Gasteiger partial charge in [0.05, 0.1) is 6.61 Å². The number of ether oxygens (including phenoxy) is 1. The third-order valence-corrected chi connectivity index (χ3v) is 5.06. The van der Waals surface area contributed by atoms with Crippen molar-refractivity contribution in [3.63, 3.8) is 0 Å². The minimum absolute atomic E-state index is 0.0438. The molecule has 5 heteroatoms. The summed E-state index contributed by atoms with van der Waals surface area (Å²) >= 11 is 0. The molecule has 0 radical (unpaired) electrons. The van der Waals surface area contributed by atoms with Crippen LogP contribution in [0.4, 0.5) is 0 Å². The van der Waals surface area contributed by atoms with Gasteiger partial charge in [-0.05, 0) is 57.5 Å². The van der Waals surface area contributed by atoms with Crippen molar-refractivity contribution in [2.75, 3.05) is 26.7 Å².